The van der Waals surface area contributed by atoms with E-state index >= 15 is 0 Å². The Morgan fingerprint density at radius 1 is 0.917 bits per heavy atom. The minimum atomic E-state index is -0.644. The van der Waals surface area contributed by atoms with Gasteiger partial charge in [-0.15, -0.1) is 0 Å². The van der Waals surface area contributed by atoms with Gasteiger partial charge in [-0.2, -0.15) is 0 Å². The van der Waals surface area contributed by atoms with Crippen LogP contribution >= 0.6 is 0 Å². The lowest BCUT2D eigenvalue weighted by Crippen LogP contribution is -2.52. The molecule has 0 spiro atoms. The lowest BCUT2D eigenvalue weighted by Gasteiger charge is -2.33. The van der Waals surface area contributed by atoms with Crippen LogP contribution in [-0.4, -0.2) is 53.7 Å². The fourth-order valence-corrected chi connectivity index (χ4v) is 2.61. The molecule has 0 unspecified atom stereocenters. The van der Waals surface area contributed by atoms with Gasteiger partial charge in [-0.25, -0.2) is 0 Å². The molecule has 1 aromatic carbocycles. The molecule has 0 atom stereocenters. The van der Waals surface area contributed by atoms with E-state index in [4.69, 9.17) is 0 Å². The van der Waals surface area contributed by atoms with E-state index < -0.39 is 11.8 Å². The van der Waals surface area contributed by atoms with Gasteiger partial charge >= 0.3 is 11.8 Å². The van der Waals surface area contributed by atoms with Crippen molar-refractivity contribution < 1.29 is 14.4 Å². The number of carbonyl (C=O) groups is 3. The van der Waals surface area contributed by atoms with Crippen LogP contribution in [-0.2, 0) is 19.8 Å². The predicted molar refractivity (Wildman–Crippen MR) is 92.6 cm³/mol. The highest BCUT2D eigenvalue weighted by Gasteiger charge is 2.26. The lowest BCUT2D eigenvalue weighted by atomic mass is 9.87. The van der Waals surface area contributed by atoms with Crippen molar-refractivity contribution in [3.8, 4) is 0 Å². The van der Waals surface area contributed by atoms with Crippen molar-refractivity contribution in [3.63, 3.8) is 0 Å². The maximum absolute atomic E-state index is 12.2. The van der Waals surface area contributed by atoms with Gasteiger partial charge in [0, 0.05) is 38.8 Å². The molecule has 6 nitrogen and oxygen atoms in total. The monoisotopic (exact) mass is 331 g/mol. The third-order valence-corrected chi connectivity index (χ3v) is 4.22. The smallest absolute Gasteiger partial charge is 0.313 e. The zero-order valence-electron chi connectivity index (χ0n) is 14.8. The summed E-state index contributed by atoms with van der Waals surface area (Å²) >= 11 is 0. The lowest BCUT2D eigenvalue weighted by molar-refractivity contribution is -0.145. The number of nitrogens with one attached hydrogen (secondary N) is 1. The van der Waals surface area contributed by atoms with Crippen LogP contribution in [0.15, 0.2) is 24.3 Å². The van der Waals surface area contributed by atoms with Crippen LogP contribution in [0.4, 0.5) is 5.69 Å². The van der Waals surface area contributed by atoms with E-state index in [1.807, 2.05) is 12.1 Å². The number of rotatable bonds is 1. The van der Waals surface area contributed by atoms with Crippen LogP contribution in [0.1, 0.15) is 33.3 Å². The molecule has 0 aromatic heterocycles. The van der Waals surface area contributed by atoms with Crippen molar-refractivity contribution in [1.82, 2.24) is 9.80 Å². The summed E-state index contributed by atoms with van der Waals surface area (Å²) in [5, 5.41) is 2.64. The zero-order chi connectivity index (χ0) is 17.9. The summed E-state index contributed by atoms with van der Waals surface area (Å²) in [7, 11) is 0. The van der Waals surface area contributed by atoms with Crippen LogP contribution in [0, 0.1) is 0 Å². The zero-order valence-corrected chi connectivity index (χ0v) is 14.8. The third kappa shape index (κ3) is 4.34. The second-order valence-corrected chi connectivity index (χ2v) is 7.08. The molecule has 6 heteroatoms. The van der Waals surface area contributed by atoms with E-state index in [0.29, 0.717) is 31.9 Å². The number of hydrogen-bond acceptors (Lipinski definition) is 3. The van der Waals surface area contributed by atoms with Crippen molar-refractivity contribution in [2.75, 3.05) is 31.5 Å². The summed E-state index contributed by atoms with van der Waals surface area (Å²) in [5.41, 5.74) is 1.80. The highest BCUT2D eigenvalue weighted by atomic mass is 16.2. The van der Waals surface area contributed by atoms with Crippen LogP contribution < -0.4 is 5.32 Å². The van der Waals surface area contributed by atoms with E-state index in [1.54, 1.807) is 17.0 Å². The summed E-state index contributed by atoms with van der Waals surface area (Å²) < 4.78 is 0. The van der Waals surface area contributed by atoms with Crippen LogP contribution in [0.5, 0.6) is 0 Å². The average Bonchev–Trinajstić information content (AvgIpc) is 2.54. The molecule has 0 aliphatic carbocycles. The standard InChI is InChI=1S/C18H25N3O3/c1-13(22)20-9-11-21(12-10-20)17(24)16(23)19-15-7-5-14(6-8-15)18(2,3)4/h5-8H,9-12H2,1-4H3,(H,19,23). The Balaban J connectivity index is 1.92. The molecular formula is C18H25N3O3. The van der Waals surface area contributed by atoms with Gasteiger partial charge in [0.25, 0.3) is 0 Å². The Kier molecular flexibility index (Phi) is 5.26. The van der Waals surface area contributed by atoms with Crippen molar-refractivity contribution in [2.45, 2.75) is 33.1 Å². The molecule has 0 bridgehead atoms. The number of nitrogens with zero attached hydrogens (tertiary/aromatic N) is 2. The fourth-order valence-electron chi connectivity index (χ4n) is 2.61. The highest BCUT2D eigenvalue weighted by molar-refractivity contribution is 6.39. The van der Waals surface area contributed by atoms with Crippen molar-refractivity contribution >= 4 is 23.4 Å². The molecule has 24 heavy (non-hydrogen) atoms. The van der Waals surface area contributed by atoms with Crippen LogP contribution in [0.25, 0.3) is 0 Å². The summed E-state index contributed by atoms with van der Waals surface area (Å²) in [6.45, 7) is 9.55. The van der Waals surface area contributed by atoms with E-state index in [9.17, 15) is 14.4 Å². The summed E-state index contributed by atoms with van der Waals surface area (Å²) in [4.78, 5) is 38.8. The second-order valence-electron chi connectivity index (χ2n) is 7.08. The fraction of sp³-hybridized carbons (Fsp3) is 0.500. The molecule has 1 aliphatic rings. The molecule has 1 saturated heterocycles. The van der Waals surface area contributed by atoms with Gasteiger partial charge in [-0.1, -0.05) is 32.9 Å². The molecule has 0 radical (unpaired) electrons. The average molecular weight is 331 g/mol. The predicted octanol–water partition coefficient (Wildman–Crippen LogP) is 1.61. The number of anilines is 1. The van der Waals surface area contributed by atoms with Gasteiger partial charge in [0.2, 0.25) is 5.91 Å². The molecule has 1 aliphatic heterocycles. The van der Waals surface area contributed by atoms with E-state index in [-0.39, 0.29) is 11.3 Å². The first-order valence-corrected chi connectivity index (χ1v) is 8.15. The van der Waals surface area contributed by atoms with Gasteiger partial charge < -0.3 is 15.1 Å². The first kappa shape index (κ1) is 18.0. The minimum absolute atomic E-state index is 0.00881. The Morgan fingerprint density at radius 3 is 1.88 bits per heavy atom. The Morgan fingerprint density at radius 2 is 1.42 bits per heavy atom. The van der Waals surface area contributed by atoms with E-state index in [2.05, 4.69) is 26.1 Å². The molecule has 130 valence electrons. The van der Waals surface area contributed by atoms with E-state index in [0.717, 1.165) is 5.56 Å². The summed E-state index contributed by atoms with van der Waals surface area (Å²) in [6.07, 6.45) is 0. The molecule has 1 fully saturated rings. The van der Waals surface area contributed by atoms with Crippen LogP contribution in [0.2, 0.25) is 0 Å². The van der Waals surface area contributed by atoms with Gasteiger partial charge in [-0.3, -0.25) is 14.4 Å². The normalized spacial score (nSPS) is 15.2. The van der Waals surface area contributed by atoms with Gasteiger partial charge in [0.1, 0.15) is 0 Å². The SMILES string of the molecule is CC(=O)N1CCN(C(=O)C(=O)Nc2ccc(C(C)(C)C)cc2)CC1. The Hall–Kier alpha value is -2.37. The maximum atomic E-state index is 12.2. The molecular weight excluding hydrogens is 306 g/mol. The maximum Gasteiger partial charge on any atom is 0.313 e. The van der Waals surface area contributed by atoms with E-state index in [1.165, 1.54) is 11.8 Å². The molecule has 1 aromatic rings. The first-order valence-electron chi connectivity index (χ1n) is 8.15. The van der Waals surface area contributed by atoms with Crippen LogP contribution in [0.3, 0.4) is 0 Å². The molecule has 0 saturated carbocycles. The highest BCUT2D eigenvalue weighted by Crippen LogP contribution is 2.23. The number of hydrogen-bond donors (Lipinski definition) is 1. The first-order chi connectivity index (χ1) is 11.2. The molecule has 2 rings (SSSR count). The summed E-state index contributed by atoms with van der Waals surface area (Å²) in [6, 6.07) is 7.51. The van der Waals surface area contributed by atoms with Crippen molar-refractivity contribution in [2.24, 2.45) is 0 Å². The number of carbonyl (C=O) groups excluding carboxylic acids is 3. The largest absolute Gasteiger partial charge is 0.339 e. The minimum Gasteiger partial charge on any atom is -0.339 e. The summed E-state index contributed by atoms with van der Waals surface area (Å²) in [5.74, 6) is -1.21. The molecule has 1 N–H and O–H groups in total. The van der Waals surface area contributed by atoms with Gasteiger partial charge in [0.05, 0.1) is 0 Å². The Bertz CT molecular complexity index is 624. The number of benzene rings is 1. The topological polar surface area (TPSA) is 69.7 Å². The second kappa shape index (κ2) is 7.03. The molecule has 3 amide bonds. The van der Waals surface area contributed by atoms with Crippen molar-refractivity contribution in [3.05, 3.63) is 29.8 Å². The van der Waals surface area contributed by atoms with Gasteiger partial charge in [-0.05, 0) is 23.1 Å². The van der Waals surface area contributed by atoms with Crippen molar-refractivity contribution in [1.29, 1.82) is 0 Å². The molecule has 1 heterocycles. The van der Waals surface area contributed by atoms with Gasteiger partial charge in [0.15, 0.2) is 0 Å². The number of piperazine rings is 1. The Labute approximate surface area is 142 Å². The third-order valence-electron chi connectivity index (χ3n) is 4.22. The quantitative estimate of drug-likeness (QED) is 0.795. The number of amides is 3.